The monoisotopic (exact) mass is 188 g/mol. The van der Waals surface area contributed by atoms with Crippen molar-refractivity contribution < 1.29 is 0 Å². The lowest BCUT2D eigenvalue weighted by Gasteiger charge is -1.98. The molecule has 0 saturated carbocycles. The van der Waals surface area contributed by atoms with Gasteiger partial charge in [0.1, 0.15) is 0 Å². The number of allylic oxidation sites excluding steroid dienone is 5. The summed E-state index contributed by atoms with van der Waals surface area (Å²) in [7, 11) is 0. The van der Waals surface area contributed by atoms with Gasteiger partial charge >= 0.3 is 0 Å². The second-order valence-corrected chi connectivity index (χ2v) is 3.60. The molecular formula is C14H20. The molecule has 0 heterocycles. The van der Waals surface area contributed by atoms with Gasteiger partial charge in [-0.3, -0.25) is 0 Å². The second-order valence-electron chi connectivity index (χ2n) is 3.60. The Kier molecular flexibility index (Phi) is 7.65. The Balaban J connectivity index is 3.97. The molecule has 14 heavy (non-hydrogen) atoms. The van der Waals surface area contributed by atoms with Crippen LogP contribution in [0.25, 0.3) is 0 Å². The Labute approximate surface area is 88.4 Å². The minimum Gasteiger partial charge on any atom is -0.101 e. The van der Waals surface area contributed by atoms with Gasteiger partial charge in [-0.2, -0.15) is 0 Å². The molecule has 0 aromatic heterocycles. The van der Waals surface area contributed by atoms with Gasteiger partial charge in [0.15, 0.2) is 0 Å². The van der Waals surface area contributed by atoms with Crippen molar-refractivity contribution in [1.82, 2.24) is 0 Å². The third-order valence-electron chi connectivity index (χ3n) is 1.81. The Morgan fingerprint density at radius 3 is 2.64 bits per heavy atom. The summed E-state index contributed by atoms with van der Waals surface area (Å²) in [5.41, 5.74) is 0.980. The first-order valence-electron chi connectivity index (χ1n) is 5.12. The molecule has 0 aliphatic carbocycles. The van der Waals surface area contributed by atoms with Gasteiger partial charge in [-0.1, -0.05) is 44.6 Å². The maximum atomic E-state index is 3.70. The zero-order valence-electron chi connectivity index (χ0n) is 9.51. The fraction of sp³-hybridized carbons (Fsp3) is 0.429. The number of hydrogen-bond donors (Lipinski definition) is 0. The predicted octanol–water partition coefficient (Wildman–Crippen LogP) is 4.11. The molecule has 0 unspecified atom stereocenters. The van der Waals surface area contributed by atoms with Crippen LogP contribution < -0.4 is 0 Å². The van der Waals surface area contributed by atoms with E-state index in [2.05, 4.69) is 44.4 Å². The normalized spacial score (nSPS) is 11.6. The molecule has 0 rings (SSSR count). The zero-order valence-corrected chi connectivity index (χ0v) is 9.51. The first-order chi connectivity index (χ1) is 6.70. The molecular weight excluding hydrogens is 168 g/mol. The fourth-order valence-electron chi connectivity index (χ4n) is 1.00. The average molecular weight is 188 g/mol. The molecule has 0 amide bonds. The third-order valence-corrected chi connectivity index (χ3v) is 1.81. The van der Waals surface area contributed by atoms with Crippen LogP contribution in [-0.4, -0.2) is 0 Å². The summed E-state index contributed by atoms with van der Waals surface area (Å²) >= 11 is 0. The van der Waals surface area contributed by atoms with E-state index in [0.29, 0.717) is 0 Å². The van der Waals surface area contributed by atoms with Crippen molar-refractivity contribution in [2.24, 2.45) is 5.92 Å². The van der Waals surface area contributed by atoms with E-state index in [4.69, 9.17) is 0 Å². The predicted molar refractivity (Wildman–Crippen MR) is 64.9 cm³/mol. The van der Waals surface area contributed by atoms with Crippen molar-refractivity contribution in [2.75, 3.05) is 0 Å². The molecule has 0 heteroatoms. The van der Waals surface area contributed by atoms with E-state index in [1.165, 1.54) is 6.42 Å². The SMILES string of the molecule is C=CC(C#CC)=C/C=C\CCC(C)C. The van der Waals surface area contributed by atoms with Crippen molar-refractivity contribution in [3.05, 3.63) is 36.5 Å². The Morgan fingerprint density at radius 1 is 1.43 bits per heavy atom. The quantitative estimate of drug-likeness (QED) is 0.450. The Hall–Kier alpha value is -1.22. The molecule has 0 N–H and O–H groups in total. The highest BCUT2D eigenvalue weighted by molar-refractivity contribution is 5.39. The van der Waals surface area contributed by atoms with Gasteiger partial charge in [0.2, 0.25) is 0 Å². The van der Waals surface area contributed by atoms with E-state index in [-0.39, 0.29) is 0 Å². The van der Waals surface area contributed by atoms with E-state index in [1.54, 1.807) is 6.08 Å². The van der Waals surface area contributed by atoms with E-state index < -0.39 is 0 Å². The van der Waals surface area contributed by atoms with Gasteiger partial charge in [-0.05, 0) is 31.8 Å². The van der Waals surface area contributed by atoms with Crippen molar-refractivity contribution in [3.63, 3.8) is 0 Å². The molecule has 0 atom stereocenters. The van der Waals surface area contributed by atoms with E-state index >= 15 is 0 Å². The zero-order chi connectivity index (χ0) is 10.8. The first kappa shape index (κ1) is 12.8. The molecule has 0 radical (unpaired) electrons. The van der Waals surface area contributed by atoms with Gasteiger partial charge < -0.3 is 0 Å². The maximum Gasteiger partial charge on any atom is 0.0239 e. The van der Waals surface area contributed by atoms with Crippen LogP contribution in [-0.2, 0) is 0 Å². The van der Waals surface area contributed by atoms with Gasteiger partial charge in [0.05, 0.1) is 0 Å². The number of hydrogen-bond acceptors (Lipinski definition) is 0. The van der Waals surface area contributed by atoms with Crippen LogP contribution in [0.4, 0.5) is 0 Å². The largest absolute Gasteiger partial charge is 0.101 e. The third kappa shape index (κ3) is 7.43. The summed E-state index contributed by atoms with van der Waals surface area (Å²) in [6.07, 6.45) is 10.4. The molecule has 0 nitrogen and oxygen atoms in total. The van der Waals surface area contributed by atoms with Crippen molar-refractivity contribution in [1.29, 1.82) is 0 Å². The molecule has 0 spiro atoms. The first-order valence-corrected chi connectivity index (χ1v) is 5.12. The van der Waals surface area contributed by atoms with Crippen LogP contribution in [0.2, 0.25) is 0 Å². The highest BCUT2D eigenvalue weighted by Crippen LogP contribution is 2.04. The van der Waals surface area contributed by atoms with Crippen LogP contribution >= 0.6 is 0 Å². The van der Waals surface area contributed by atoms with Gasteiger partial charge in [0.25, 0.3) is 0 Å². The molecule has 0 saturated heterocycles. The van der Waals surface area contributed by atoms with E-state index in [0.717, 1.165) is 17.9 Å². The Bertz CT molecular complexity index is 266. The summed E-state index contributed by atoms with van der Waals surface area (Å²) in [5, 5.41) is 0. The van der Waals surface area contributed by atoms with Crippen molar-refractivity contribution in [2.45, 2.75) is 33.6 Å². The number of rotatable bonds is 5. The van der Waals surface area contributed by atoms with Gasteiger partial charge in [-0.15, -0.1) is 5.92 Å². The molecule has 76 valence electrons. The summed E-state index contributed by atoms with van der Waals surface area (Å²) in [4.78, 5) is 0. The molecule has 0 aliphatic heterocycles. The minimum absolute atomic E-state index is 0.776. The molecule has 0 aromatic rings. The van der Waals surface area contributed by atoms with Crippen LogP contribution in [0.5, 0.6) is 0 Å². The summed E-state index contributed by atoms with van der Waals surface area (Å²) < 4.78 is 0. The van der Waals surface area contributed by atoms with Crippen LogP contribution in [0.1, 0.15) is 33.6 Å². The van der Waals surface area contributed by atoms with Crippen LogP contribution in [0.15, 0.2) is 36.5 Å². The van der Waals surface area contributed by atoms with Crippen molar-refractivity contribution in [3.8, 4) is 11.8 Å². The van der Waals surface area contributed by atoms with Gasteiger partial charge in [0, 0.05) is 5.57 Å². The highest BCUT2D eigenvalue weighted by Gasteiger charge is 1.88. The lowest BCUT2D eigenvalue weighted by molar-refractivity contribution is 0.594. The standard InChI is InChI=1S/C14H20/c1-5-10-14(6-2)12-9-7-8-11-13(3)4/h6-7,9,12-13H,2,8,11H2,1,3-4H3/b9-7-,14-12?. The highest BCUT2D eigenvalue weighted by atomic mass is 13.9. The lowest BCUT2D eigenvalue weighted by atomic mass is 10.1. The summed E-state index contributed by atoms with van der Waals surface area (Å²) in [5.74, 6) is 6.60. The molecule has 0 bridgehead atoms. The van der Waals surface area contributed by atoms with E-state index in [9.17, 15) is 0 Å². The van der Waals surface area contributed by atoms with Crippen LogP contribution in [0, 0.1) is 17.8 Å². The molecule has 0 aromatic carbocycles. The maximum absolute atomic E-state index is 3.70. The van der Waals surface area contributed by atoms with Crippen LogP contribution in [0.3, 0.4) is 0 Å². The lowest BCUT2D eigenvalue weighted by Crippen LogP contribution is -1.83. The fourth-order valence-corrected chi connectivity index (χ4v) is 1.00. The Morgan fingerprint density at radius 2 is 2.14 bits per heavy atom. The minimum atomic E-state index is 0.776. The van der Waals surface area contributed by atoms with Gasteiger partial charge in [-0.25, -0.2) is 0 Å². The molecule has 0 fully saturated rings. The van der Waals surface area contributed by atoms with Crippen molar-refractivity contribution >= 4 is 0 Å². The summed E-state index contributed by atoms with van der Waals surface area (Å²) in [6, 6.07) is 0. The van der Waals surface area contributed by atoms with E-state index in [1.807, 2.05) is 13.0 Å². The topological polar surface area (TPSA) is 0 Å². The average Bonchev–Trinajstić information content (AvgIpc) is 2.15. The second kappa shape index (κ2) is 8.38. The smallest absolute Gasteiger partial charge is 0.0239 e. The summed E-state index contributed by atoms with van der Waals surface area (Å²) in [6.45, 7) is 10.0. The molecule has 0 aliphatic rings.